The van der Waals surface area contributed by atoms with Crippen LogP contribution in [0.3, 0.4) is 0 Å². The maximum absolute atomic E-state index is 11.8. The zero-order valence-corrected chi connectivity index (χ0v) is 13.5. The van der Waals surface area contributed by atoms with Gasteiger partial charge in [-0.25, -0.2) is 4.21 Å². The molecule has 0 spiro atoms. The highest BCUT2D eigenvalue weighted by Crippen LogP contribution is 2.35. The van der Waals surface area contributed by atoms with Crippen LogP contribution in [0.1, 0.15) is 64.2 Å². The van der Waals surface area contributed by atoms with Crippen LogP contribution in [0.25, 0.3) is 0 Å². The summed E-state index contributed by atoms with van der Waals surface area (Å²) in [6.07, 6.45) is 14.1. The molecule has 0 amide bonds. The van der Waals surface area contributed by atoms with E-state index in [1.807, 2.05) is 0 Å². The molecular formula is C15H27NOS2. The Hall–Kier alpha value is 0.460. The van der Waals surface area contributed by atoms with Crippen LogP contribution in [0.15, 0.2) is 0 Å². The SMILES string of the molecule is O=S1CC(N(C2CCCCC2)C2CCCCC2)CS1. The largest absolute Gasteiger partial charge is 0.293 e. The average molecular weight is 302 g/mol. The fraction of sp³-hybridized carbons (Fsp3) is 1.00. The molecule has 3 fully saturated rings. The predicted molar refractivity (Wildman–Crippen MR) is 84.8 cm³/mol. The van der Waals surface area contributed by atoms with Crippen molar-refractivity contribution in [1.82, 2.24) is 4.90 Å². The Balaban J connectivity index is 1.71. The van der Waals surface area contributed by atoms with Crippen LogP contribution >= 0.6 is 10.8 Å². The summed E-state index contributed by atoms with van der Waals surface area (Å²) in [5.41, 5.74) is 0. The van der Waals surface area contributed by atoms with Crippen molar-refractivity contribution in [1.29, 1.82) is 0 Å². The van der Waals surface area contributed by atoms with Gasteiger partial charge in [0.15, 0.2) is 0 Å². The molecule has 110 valence electrons. The Morgan fingerprint density at radius 1 is 0.789 bits per heavy atom. The lowest BCUT2D eigenvalue weighted by Crippen LogP contribution is -2.52. The van der Waals surface area contributed by atoms with Gasteiger partial charge in [0, 0.05) is 23.9 Å². The number of hydrogen-bond acceptors (Lipinski definition) is 3. The summed E-state index contributed by atoms with van der Waals surface area (Å²) in [6.45, 7) is 0. The first kappa shape index (κ1) is 14.4. The molecule has 0 aromatic rings. The maximum Gasteiger partial charge on any atom is 0.0820 e. The van der Waals surface area contributed by atoms with Gasteiger partial charge >= 0.3 is 0 Å². The fourth-order valence-corrected chi connectivity index (χ4v) is 7.37. The Bertz CT molecular complexity index is 293. The summed E-state index contributed by atoms with van der Waals surface area (Å²) in [5.74, 6) is 2.04. The Morgan fingerprint density at radius 2 is 1.32 bits per heavy atom. The molecule has 0 aromatic heterocycles. The van der Waals surface area contributed by atoms with Gasteiger partial charge in [0.2, 0.25) is 0 Å². The lowest BCUT2D eigenvalue weighted by atomic mass is 9.87. The quantitative estimate of drug-likeness (QED) is 0.741. The van der Waals surface area contributed by atoms with Crippen molar-refractivity contribution in [3.8, 4) is 0 Å². The third kappa shape index (κ3) is 3.56. The minimum absolute atomic E-state index is 0.607. The summed E-state index contributed by atoms with van der Waals surface area (Å²) in [6, 6.07) is 2.21. The van der Waals surface area contributed by atoms with Crippen LogP contribution in [0.5, 0.6) is 0 Å². The molecule has 0 N–H and O–H groups in total. The minimum Gasteiger partial charge on any atom is -0.293 e. The van der Waals surface area contributed by atoms with Gasteiger partial charge < -0.3 is 0 Å². The predicted octanol–water partition coefficient (Wildman–Crippen LogP) is 3.73. The van der Waals surface area contributed by atoms with Gasteiger partial charge in [-0.1, -0.05) is 49.3 Å². The van der Waals surface area contributed by atoms with Crippen molar-refractivity contribution in [3.05, 3.63) is 0 Å². The molecule has 2 saturated carbocycles. The summed E-state index contributed by atoms with van der Waals surface area (Å²) in [5, 5.41) is 0. The molecule has 2 atom stereocenters. The van der Waals surface area contributed by atoms with Gasteiger partial charge in [0.25, 0.3) is 0 Å². The van der Waals surface area contributed by atoms with Gasteiger partial charge in [-0.2, -0.15) is 0 Å². The maximum atomic E-state index is 11.8. The Morgan fingerprint density at radius 3 is 1.74 bits per heavy atom. The standard InChI is InChI=1S/C15H27NOS2/c17-19-12-15(11-18-19)16(13-7-3-1-4-8-13)14-9-5-2-6-10-14/h13-15H,1-12H2. The van der Waals surface area contributed by atoms with Crippen molar-refractivity contribution < 1.29 is 4.21 Å². The van der Waals surface area contributed by atoms with Crippen molar-refractivity contribution >= 4 is 20.6 Å². The van der Waals surface area contributed by atoms with Crippen LogP contribution in [-0.2, 0) is 9.83 Å². The van der Waals surface area contributed by atoms with E-state index in [9.17, 15) is 4.21 Å². The molecule has 2 nitrogen and oxygen atoms in total. The smallest absolute Gasteiger partial charge is 0.0820 e. The number of nitrogens with zero attached hydrogens (tertiary/aromatic N) is 1. The van der Waals surface area contributed by atoms with Crippen LogP contribution in [0.4, 0.5) is 0 Å². The molecule has 1 heterocycles. The van der Waals surface area contributed by atoms with Crippen LogP contribution in [0, 0.1) is 0 Å². The molecular weight excluding hydrogens is 274 g/mol. The second-order valence-electron chi connectivity index (χ2n) is 6.44. The average Bonchev–Trinajstić information content (AvgIpc) is 2.88. The molecule has 1 aliphatic heterocycles. The topological polar surface area (TPSA) is 20.3 Å². The molecule has 1 saturated heterocycles. The molecule has 0 radical (unpaired) electrons. The summed E-state index contributed by atoms with van der Waals surface area (Å²) < 4.78 is 11.8. The zero-order chi connectivity index (χ0) is 13.1. The van der Waals surface area contributed by atoms with E-state index in [0.29, 0.717) is 6.04 Å². The van der Waals surface area contributed by atoms with Gasteiger partial charge in [-0.3, -0.25) is 4.90 Å². The summed E-state index contributed by atoms with van der Waals surface area (Å²) in [4.78, 5) is 2.86. The monoisotopic (exact) mass is 301 g/mol. The second kappa shape index (κ2) is 6.95. The van der Waals surface area contributed by atoms with Crippen LogP contribution in [0.2, 0.25) is 0 Å². The third-order valence-corrected chi connectivity index (χ3v) is 8.18. The normalized spacial score (nSPS) is 35.0. The summed E-state index contributed by atoms with van der Waals surface area (Å²) >= 11 is 0. The Kier molecular flexibility index (Phi) is 5.27. The van der Waals surface area contributed by atoms with Crippen LogP contribution in [-0.4, -0.2) is 38.7 Å². The van der Waals surface area contributed by atoms with E-state index in [2.05, 4.69) is 4.90 Å². The minimum atomic E-state index is -0.607. The molecule has 0 aromatic carbocycles. The number of rotatable bonds is 3. The second-order valence-corrected chi connectivity index (χ2v) is 9.77. The molecule has 3 aliphatic rings. The van der Waals surface area contributed by atoms with Crippen molar-refractivity contribution in [3.63, 3.8) is 0 Å². The lowest BCUT2D eigenvalue weighted by Gasteiger charge is -2.44. The molecule has 3 rings (SSSR count). The first-order valence-electron chi connectivity index (χ1n) is 8.13. The van der Waals surface area contributed by atoms with Crippen molar-refractivity contribution in [2.24, 2.45) is 0 Å². The highest BCUT2D eigenvalue weighted by atomic mass is 33.1. The molecule has 4 heteroatoms. The fourth-order valence-electron chi connectivity index (χ4n) is 4.23. The first-order valence-corrected chi connectivity index (χ1v) is 11.0. The van der Waals surface area contributed by atoms with E-state index in [1.54, 1.807) is 10.8 Å². The highest BCUT2D eigenvalue weighted by molar-refractivity contribution is 8.69. The molecule has 2 unspecified atom stereocenters. The summed E-state index contributed by atoms with van der Waals surface area (Å²) in [7, 11) is 1.08. The van der Waals surface area contributed by atoms with E-state index in [1.165, 1.54) is 64.2 Å². The third-order valence-electron chi connectivity index (χ3n) is 5.13. The molecule has 19 heavy (non-hydrogen) atoms. The number of hydrogen-bond donors (Lipinski definition) is 0. The highest BCUT2D eigenvalue weighted by Gasteiger charge is 2.37. The molecule has 0 bridgehead atoms. The van der Waals surface area contributed by atoms with Gasteiger partial charge in [0.05, 0.1) is 15.6 Å². The first-order chi connectivity index (χ1) is 9.34. The van der Waals surface area contributed by atoms with Gasteiger partial charge in [-0.05, 0) is 25.7 Å². The van der Waals surface area contributed by atoms with E-state index < -0.39 is 9.83 Å². The van der Waals surface area contributed by atoms with Crippen LogP contribution < -0.4 is 0 Å². The lowest BCUT2D eigenvalue weighted by molar-refractivity contribution is 0.0551. The van der Waals surface area contributed by atoms with Crippen molar-refractivity contribution in [2.75, 3.05) is 11.5 Å². The van der Waals surface area contributed by atoms with E-state index in [-0.39, 0.29) is 0 Å². The zero-order valence-electron chi connectivity index (χ0n) is 11.9. The molecule has 2 aliphatic carbocycles. The van der Waals surface area contributed by atoms with Gasteiger partial charge in [-0.15, -0.1) is 0 Å². The van der Waals surface area contributed by atoms with E-state index >= 15 is 0 Å². The van der Waals surface area contributed by atoms with E-state index in [4.69, 9.17) is 0 Å². The Labute approximate surface area is 123 Å². The van der Waals surface area contributed by atoms with Gasteiger partial charge in [0.1, 0.15) is 0 Å². The van der Waals surface area contributed by atoms with Crippen molar-refractivity contribution in [2.45, 2.75) is 82.3 Å². The van der Waals surface area contributed by atoms with E-state index in [0.717, 1.165) is 23.6 Å².